The maximum atomic E-state index is 3.71. The van der Waals surface area contributed by atoms with Gasteiger partial charge in [-0.1, -0.05) is 20.8 Å². The summed E-state index contributed by atoms with van der Waals surface area (Å²) in [5.74, 6) is 0. The van der Waals surface area contributed by atoms with Crippen LogP contribution in [0.4, 0.5) is 0 Å². The van der Waals surface area contributed by atoms with Crippen LogP contribution in [0.2, 0.25) is 0 Å². The summed E-state index contributed by atoms with van der Waals surface area (Å²) in [6.45, 7) is 12.7. The van der Waals surface area contributed by atoms with Gasteiger partial charge in [0.25, 0.3) is 0 Å². The maximum absolute atomic E-state index is 3.71. The van der Waals surface area contributed by atoms with E-state index in [1.54, 1.807) is 0 Å². The number of nitrogens with one attached hydrogen (secondary N) is 2. The van der Waals surface area contributed by atoms with Crippen LogP contribution < -0.4 is 10.6 Å². The highest BCUT2D eigenvalue weighted by atomic mass is 15.0. The lowest BCUT2D eigenvalue weighted by molar-refractivity contribution is 0.257. The Hall–Kier alpha value is -0.0800. The van der Waals surface area contributed by atoms with Gasteiger partial charge in [-0.05, 0) is 45.1 Å². The minimum Gasteiger partial charge on any atom is -0.314 e. The lowest BCUT2D eigenvalue weighted by atomic mass is 9.87. The van der Waals surface area contributed by atoms with Gasteiger partial charge in [-0.25, -0.2) is 0 Å². The molecule has 0 saturated carbocycles. The standard InChI is InChI=1S/C13H28N2/c1-10(9-12-7-6-8-14-12)15-11(2)13(3,4)5/h10-12,14-15H,6-9H2,1-5H3. The monoisotopic (exact) mass is 212 g/mol. The molecule has 2 heteroatoms. The van der Waals surface area contributed by atoms with Crippen molar-refractivity contribution >= 4 is 0 Å². The van der Waals surface area contributed by atoms with Gasteiger partial charge in [-0.3, -0.25) is 0 Å². The zero-order valence-electron chi connectivity index (χ0n) is 11.1. The van der Waals surface area contributed by atoms with Crippen LogP contribution in [0.3, 0.4) is 0 Å². The van der Waals surface area contributed by atoms with Crippen molar-refractivity contribution in [3.8, 4) is 0 Å². The lowest BCUT2D eigenvalue weighted by Gasteiger charge is -2.32. The summed E-state index contributed by atoms with van der Waals surface area (Å²) in [6.07, 6.45) is 3.97. The smallest absolute Gasteiger partial charge is 0.00897 e. The highest BCUT2D eigenvalue weighted by Crippen LogP contribution is 2.20. The third-order valence-electron chi connectivity index (χ3n) is 3.63. The zero-order chi connectivity index (χ0) is 11.5. The molecule has 1 fully saturated rings. The van der Waals surface area contributed by atoms with Gasteiger partial charge in [0.1, 0.15) is 0 Å². The van der Waals surface area contributed by atoms with Gasteiger partial charge < -0.3 is 10.6 Å². The van der Waals surface area contributed by atoms with Crippen LogP contribution >= 0.6 is 0 Å². The van der Waals surface area contributed by atoms with Crippen molar-refractivity contribution in [2.45, 2.75) is 72.0 Å². The van der Waals surface area contributed by atoms with Gasteiger partial charge in [0, 0.05) is 18.1 Å². The molecule has 90 valence electrons. The molecule has 0 amide bonds. The van der Waals surface area contributed by atoms with Gasteiger partial charge in [-0.15, -0.1) is 0 Å². The fraction of sp³-hybridized carbons (Fsp3) is 1.00. The van der Waals surface area contributed by atoms with Crippen LogP contribution in [-0.2, 0) is 0 Å². The van der Waals surface area contributed by atoms with Gasteiger partial charge in [0.05, 0.1) is 0 Å². The van der Waals surface area contributed by atoms with Crippen LogP contribution in [0.25, 0.3) is 0 Å². The first kappa shape index (κ1) is 13.0. The van der Waals surface area contributed by atoms with Crippen LogP contribution in [-0.4, -0.2) is 24.7 Å². The fourth-order valence-electron chi connectivity index (χ4n) is 2.13. The van der Waals surface area contributed by atoms with Crippen LogP contribution in [0.5, 0.6) is 0 Å². The Morgan fingerprint density at radius 3 is 2.47 bits per heavy atom. The van der Waals surface area contributed by atoms with Crippen molar-refractivity contribution in [2.75, 3.05) is 6.54 Å². The predicted molar refractivity (Wildman–Crippen MR) is 67.2 cm³/mol. The molecule has 0 aromatic heterocycles. The molecule has 0 aromatic rings. The van der Waals surface area contributed by atoms with Crippen LogP contribution in [0, 0.1) is 5.41 Å². The Kier molecular flexibility index (Phi) is 4.60. The molecule has 0 aromatic carbocycles. The molecule has 1 rings (SSSR count). The molecule has 1 heterocycles. The van der Waals surface area contributed by atoms with Crippen LogP contribution in [0.1, 0.15) is 53.9 Å². The van der Waals surface area contributed by atoms with Crippen molar-refractivity contribution in [2.24, 2.45) is 5.41 Å². The molecule has 2 nitrogen and oxygen atoms in total. The molecule has 3 unspecified atom stereocenters. The zero-order valence-corrected chi connectivity index (χ0v) is 11.1. The highest BCUT2D eigenvalue weighted by molar-refractivity contribution is 4.83. The first-order chi connectivity index (χ1) is 6.89. The Morgan fingerprint density at radius 1 is 1.33 bits per heavy atom. The van der Waals surface area contributed by atoms with E-state index in [2.05, 4.69) is 45.3 Å². The number of hydrogen-bond acceptors (Lipinski definition) is 2. The Bertz CT molecular complexity index is 177. The second kappa shape index (κ2) is 5.31. The van der Waals surface area contributed by atoms with Gasteiger partial charge in [-0.2, -0.15) is 0 Å². The molecule has 0 radical (unpaired) electrons. The predicted octanol–water partition coefficient (Wildman–Crippen LogP) is 2.54. The minimum absolute atomic E-state index is 0.358. The molecule has 0 spiro atoms. The second-order valence-corrected chi connectivity index (χ2v) is 6.18. The summed E-state index contributed by atoms with van der Waals surface area (Å²) in [6, 6.07) is 1.95. The lowest BCUT2D eigenvalue weighted by Crippen LogP contribution is -2.44. The molecular weight excluding hydrogens is 184 g/mol. The van der Waals surface area contributed by atoms with Crippen molar-refractivity contribution in [3.05, 3.63) is 0 Å². The summed E-state index contributed by atoms with van der Waals surface area (Å²) in [5.41, 5.74) is 0.358. The van der Waals surface area contributed by atoms with E-state index in [9.17, 15) is 0 Å². The van der Waals surface area contributed by atoms with Crippen molar-refractivity contribution in [3.63, 3.8) is 0 Å². The van der Waals surface area contributed by atoms with E-state index in [0.29, 0.717) is 17.5 Å². The largest absolute Gasteiger partial charge is 0.314 e. The number of hydrogen-bond donors (Lipinski definition) is 2. The first-order valence-electron chi connectivity index (χ1n) is 6.39. The summed E-state index contributed by atoms with van der Waals surface area (Å²) < 4.78 is 0. The van der Waals surface area contributed by atoms with Gasteiger partial charge in [0.2, 0.25) is 0 Å². The van der Waals surface area contributed by atoms with E-state index in [4.69, 9.17) is 0 Å². The molecule has 2 N–H and O–H groups in total. The molecular formula is C13H28N2. The Balaban J connectivity index is 2.25. The van der Waals surface area contributed by atoms with Crippen molar-refractivity contribution in [1.82, 2.24) is 10.6 Å². The Labute approximate surface area is 95.2 Å². The molecule has 15 heavy (non-hydrogen) atoms. The van der Waals surface area contributed by atoms with E-state index in [1.165, 1.54) is 25.8 Å². The summed E-state index contributed by atoms with van der Waals surface area (Å²) in [7, 11) is 0. The molecule has 1 aliphatic heterocycles. The molecule has 3 atom stereocenters. The van der Waals surface area contributed by atoms with E-state index < -0.39 is 0 Å². The normalized spacial score (nSPS) is 26.6. The average molecular weight is 212 g/mol. The summed E-state index contributed by atoms with van der Waals surface area (Å²) in [4.78, 5) is 0. The molecule has 1 saturated heterocycles. The minimum atomic E-state index is 0.358. The maximum Gasteiger partial charge on any atom is 0.00897 e. The Morgan fingerprint density at radius 2 is 2.00 bits per heavy atom. The van der Waals surface area contributed by atoms with Gasteiger partial charge >= 0.3 is 0 Å². The average Bonchev–Trinajstić information content (AvgIpc) is 2.54. The molecule has 0 aliphatic carbocycles. The summed E-state index contributed by atoms with van der Waals surface area (Å²) in [5, 5.41) is 7.27. The van der Waals surface area contributed by atoms with E-state index in [0.717, 1.165) is 6.04 Å². The van der Waals surface area contributed by atoms with Gasteiger partial charge in [0.15, 0.2) is 0 Å². The molecule has 0 bridgehead atoms. The van der Waals surface area contributed by atoms with E-state index >= 15 is 0 Å². The van der Waals surface area contributed by atoms with E-state index in [1.807, 2.05) is 0 Å². The second-order valence-electron chi connectivity index (χ2n) is 6.18. The fourth-order valence-corrected chi connectivity index (χ4v) is 2.13. The molecule has 1 aliphatic rings. The highest BCUT2D eigenvalue weighted by Gasteiger charge is 2.23. The van der Waals surface area contributed by atoms with Crippen molar-refractivity contribution < 1.29 is 0 Å². The third-order valence-corrected chi connectivity index (χ3v) is 3.63. The first-order valence-corrected chi connectivity index (χ1v) is 6.39. The number of rotatable bonds is 4. The summed E-state index contributed by atoms with van der Waals surface area (Å²) >= 11 is 0. The van der Waals surface area contributed by atoms with E-state index in [-0.39, 0.29) is 0 Å². The quantitative estimate of drug-likeness (QED) is 0.748. The van der Waals surface area contributed by atoms with Crippen LogP contribution in [0.15, 0.2) is 0 Å². The topological polar surface area (TPSA) is 24.1 Å². The van der Waals surface area contributed by atoms with Crippen molar-refractivity contribution in [1.29, 1.82) is 0 Å². The third kappa shape index (κ3) is 4.52. The SMILES string of the molecule is CC(CC1CCCN1)NC(C)C(C)(C)C.